The minimum absolute atomic E-state index is 0.0588. The zero-order valence-electron chi connectivity index (χ0n) is 10.9. The van der Waals surface area contributed by atoms with Crippen LogP contribution in [-0.2, 0) is 0 Å². The molecular weight excluding hydrogens is 246 g/mol. The van der Waals surface area contributed by atoms with Gasteiger partial charge in [-0.3, -0.25) is 5.41 Å². The highest BCUT2D eigenvalue weighted by Gasteiger charge is 2.24. The van der Waals surface area contributed by atoms with Gasteiger partial charge in [-0.05, 0) is 43.9 Å². The zero-order valence-corrected chi connectivity index (χ0v) is 11.7. The number of rotatable bonds is 2. The maximum atomic E-state index is 7.42. The third kappa shape index (κ3) is 2.61. The summed E-state index contributed by atoms with van der Waals surface area (Å²) in [7, 11) is 0. The van der Waals surface area contributed by atoms with E-state index < -0.39 is 0 Å². The van der Waals surface area contributed by atoms with E-state index >= 15 is 0 Å². The molecular formula is C14H20ClN3. The predicted molar refractivity (Wildman–Crippen MR) is 77.7 cm³/mol. The molecule has 3 nitrogen and oxygen atoms in total. The van der Waals surface area contributed by atoms with Crippen molar-refractivity contribution >= 4 is 23.1 Å². The molecule has 1 saturated heterocycles. The standard InChI is InChI=1S/C14H20ClN3/c1-9-3-4-10(2)18(8-9)13-6-5-11(14(16)17)7-12(13)15/h5-7,9-10H,3-4,8H2,1-2H3,(H3,16,17). The summed E-state index contributed by atoms with van der Waals surface area (Å²) in [6, 6.07) is 6.15. The Hall–Kier alpha value is -1.22. The van der Waals surface area contributed by atoms with Crippen LogP contribution in [0.1, 0.15) is 32.3 Å². The van der Waals surface area contributed by atoms with Crippen LogP contribution in [0, 0.1) is 11.3 Å². The number of hydrogen-bond donors (Lipinski definition) is 2. The van der Waals surface area contributed by atoms with E-state index in [0.717, 1.165) is 12.2 Å². The number of nitrogens with one attached hydrogen (secondary N) is 1. The van der Waals surface area contributed by atoms with Gasteiger partial charge in [0, 0.05) is 18.2 Å². The summed E-state index contributed by atoms with van der Waals surface area (Å²) < 4.78 is 0. The summed E-state index contributed by atoms with van der Waals surface area (Å²) in [5.74, 6) is 0.758. The van der Waals surface area contributed by atoms with Crippen LogP contribution in [0.5, 0.6) is 0 Å². The lowest BCUT2D eigenvalue weighted by molar-refractivity contribution is 0.390. The number of nitrogen functional groups attached to an aromatic ring is 1. The van der Waals surface area contributed by atoms with E-state index in [9.17, 15) is 0 Å². The van der Waals surface area contributed by atoms with E-state index in [1.165, 1.54) is 12.8 Å². The van der Waals surface area contributed by atoms with Gasteiger partial charge in [-0.1, -0.05) is 18.5 Å². The first kappa shape index (κ1) is 13.2. The van der Waals surface area contributed by atoms with E-state index in [4.69, 9.17) is 22.7 Å². The number of piperidine rings is 1. The summed E-state index contributed by atoms with van der Waals surface area (Å²) >= 11 is 6.33. The molecule has 2 atom stereocenters. The van der Waals surface area contributed by atoms with E-state index in [0.29, 0.717) is 22.5 Å². The maximum absolute atomic E-state index is 7.42. The Bertz CT molecular complexity index is 458. The highest BCUT2D eigenvalue weighted by Crippen LogP contribution is 2.33. The molecule has 3 N–H and O–H groups in total. The van der Waals surface area contributed by atoms with Gasteiger partial charge in [0.2, 0.25) is 0 Å². The van der Waals surface area contributed by atoms with E-state index in [2.05, 4.69) is 18.7 Å². The molecule has 0 spiro atoms. The molecule has 0 aromatic heterocycles. The fraction of sp³-hybridized carbons (Fsp3) is 0.500. The number of halogens is 1. The molecule has 1 fully saturated rings. The number of amidine groups is 1. The number of nitrogens with zero attached hydrogens (tertiary/aromatic N) is 1. The number of nitrogens with two attached hydrogens (primary N) is 1. The lowest BCUT2D eigenvalue weighted by Gasteiger charge is -2.39. The highest BCUT2D eigenvalue weighted by molar-refractivity contribution is 6.33. The summed E-state index contributed by atoms with van der Waals surface area (Å²) in [6.07, 6.45) is 2.48. The monoisotopic (exact) mass is 265 g/mol. The van der Waals surface area contributed by atoms with Crippen molar-refractivity contribution in [1.29, 1.82) is 5.41 Å². The molecule has 1 aliphatic rings. The van der Waals surface area contributed by atoms with E-state index in [1.807, 2.05) is 12.1 Å². The molecule has 4 heteroatoms. The molecule has 2 rings (SSSR count). The second kappa shape index (κ2) is 5.19. The summed E-state index contributed by atoms with van der Waals surface area (Å²) in [6.45, 7) is 5.55. The Kier molecular flexibility index (Phi) is 3.81. The van der Waals surface area contributed by atoms with Crippen LogP contribution >= 0.6 is 11.6 Å². The van der Waals surface area contributed by atoms with Crippen molar-refractivity contribution in [1.82, 2.24) is 0 Å². The second-order valence-electron chi connectivity index (χ2n) is 5.26. The smallest absolute Gasteiger partial charge is 0.122 e. The SMILES string of the molecule is CC1CCC(C)N(c2ccc(C(=N)N)cc2Cl)C1. The second-order valence-corrected chi connectivity index (χ2v) is 5.67. The largest absolute Gasteiger partial charge is 0.384 e. The Morgan fingerprint density at radius 1 is 1.39 bits per heavy atom. The van der Waals surface area contributed by atoms with Gasteiger partial charge in [-0.15, -0.1) is 0 Å². The van der Waals surface area contributed by atoms with Crippen LogP contribution in [0.4, 0.5) is 5.69 Å². The number of anilines is 1. The van der Waals surface area contributed by atoms with Crippen molar-refractivity contribution in [2.45, 2.75) is 32.7 Å². The van der Waals surface area contributed by atoms with Gasteiger partial charge in [0.05, 0.1) is 10.7 Å². The number of benzene rings is 1. The predicted octanol–water partition coefficient (Wildman–Crippen LogP) is 3.25. The molecule has 98 valence electrons. The van der Waals surface area contributed by atoms with E-state index in [-0.39, 0.29) is 5.84 Å². The van der Waals surface area contributed by atoms with Crippen LogP contribution in [0.2, 0.25) is 5.02 Å². The molecule has 1 aromatic carbocycles. The van der Waals surface area contributed by atoms with Crippen LogP contribution in [0.3, 0.4) is 0 Å². The van der Waals surface area contributed by atoms with Crippen molar-refractivity contribution in [2.75, 3.05) is 11.4 Å². The molecule has 1 heterocycles. The molecule has 0 bridgehead atoms. The molecule has 18 heavy (non-hydrogen) atoms. The quantitative estimate of drug-likeness (QED) is 0.637. The van der Waals surface area contributed by atoms with Crippen LogP contribution in [0.25, 0.3) is 0 Å². The Balaban J connectivity index is 2.30. The average Bonchev–Trinajstić information content (AvgIpc) is 2.32. The van der Waals surface area contributed by atoms with Crippen molar-refractivity contribution in [3.63, 3.8) is 0 Å². The first-order valence-corrected chi connectivity index (χ1v) is 6.77. The van der Waals surface area contributed by atoms with Gasteiger partial charge >= 0.3 is 0 Å². The van der Waals surface area contributed by atoms with Crippen LogP contribution in [-0.4, -0.2) is 18.4 Å². The molecule has 2 unspecified atom stereocenters. The normalized spacial score (nSPS) is 24.1. The molecule has 0 radical (unpaired) electrons. The van der Waals surface area contributed by atoms with Crippen molar-refractivity contribution in [2.24, 2.45) is 11.7 Å². The molecule has 0 saturated carbocycles. The third-order valence-corrected chi connectivity index (χ3v) is 3.99. The fourth-order valence-corrected chi connectivity index (χ4v) is 2.82. The lowest BCUT2D eigenvalue weighted by atomic mass is 9.94. The summed E-state index contributed by atoms with van der Waals surface area (Å²) in [5, 5.41) is 8.11. The van der Waals surface area contributed by atoms with Gasteiger partial charge in [0.25, 0.3) is 0 Å². The topological polar surface area (TPSA) is 53.1 Å². The zero-order chi connectivity index (χ0) is 13.3. The molecule has 0 amide bonds. The first-order valence-electron chi connectivity index (χ1n) is 6.39. The molecule has 1 aliphatic heterocycles. The first-order chi connectivity index (χ1) is 8.49. The third-order valence-electron chi connectivity index (χ3n) is 3.69. The van der Waals surface area contributed by atoms with Crippen LogP contribution < -0.4 is 10.6 Å². The Morgan fingerprint density at radius 3 is 2.72 bits per heavy atom. The van der Waals surface area contributed by atoms with Crippen molar-refractivity contribution < 1.29 is 0 Å². The molecule has 0 aliphatic carbocycles. The van der Waals surface area contributed by atoms with Gasteiger partial charge in [0.15, 0.2) is 0 Å². The average molecular weight is 266 g/mol. The molecule has 1 aromatic rings. The van der Waals surface area contributed by atoms with Gasteiger partial charge in [-0.2, -0.15) is 0 Å². The van der Waals surface area contributed by atoms with E-state index in [1.54, 1.807) is 6.07 Å². The highest BCUT2D eigenvalue weighted by atomic mass is 35.5. The van der Waals surface area contributed by atoms with Crippen molar-refractivity contribution in [3.8, 4) is 0 Å². The number of hydrogen-bond acceptors (Lipinski definition) is 2. The van der Waals surface area contributed by atoms with Gasteiger partial charge in [0.1, 0.15) is 5.84 Å². The Labute approximate surface area is 113 Å². The van der Waals surface area contributed by atoms with Gasteiger partial charge in [-0.25, -0.2) is 0 Å². The fourth-order valence-electron chi connectivity index (χ4n) is 2.53. The van der Waals surface area contributed by atoms with Crippen LogP contribution in [0.15, 0.2) is 18.2 Å². The van der Waals surface area contributed by atoms with Crippen molar-refractivity contribution in [3.05, 3.63) is 28.8 Å². The van der Waals surface area contributed by atoms with Gasteiger partial charge < -0.3 is 10.6 Å². The summed E-state index contributed by atoms with van der Waals surface area (Å²) in [5.41, 5.74) is 7.21. The minimum Gasteiger partial charge on any atom is -0.384 e. The lowest BCUT2D eigenvalue weighted by Crippen LogP contribution is -2.41. The minimum atomic E-state index is 0.0588. The summed E-state index contributed by atoms with van der Waals surface area (Å²) in [4.78, 5) is 2.36. The maximum Gasteiger partial charge on any atom is 0.122 e. The Morgan fingerprint density at radius 2 is 2.11 bits per heavy atom.